The van der Waals surface area contributed by atoms with Gasteiger partial charge in [0.15, 0.2) is 11.6 Å². The second-order valence-electron chi connectivity index (χ2n) is 8.42. The molecule has 0 radical (unpaired) electrons. The highest BCUT2D eigenvalue weighted by Crippen LogP contribution is 2.30. The number of amides is 1. The minimum Gasteiger partial charge on any atom is -0.497 e. The quantitative estimate of drug-likeness (QED) is 0.646. The molecular weight excluding hydrogens is 411 g/mol. The van der Waals surface area contributed by atoms with Crippen molar-refractivity contribution >= 4 is 5.91 Å². The summed E-state index contributed by atoms with van der Waals surface area (Å²) in [6, 6.07) is 10.4. The summed E-state index contributed by atoms with van der Waals surface area (Å²) in [7, 11) is 3.09. The molecule has 0 spiro atoms. The Hall–Kier alpha value is -2.80. The molecule has 2 aromatic rings. The number of ether oxygens (including phenoxy) is 3. The van der Waals surface area contributed by atoms with Gasteiger partial charge in [0, 0.05) is 38.8 Å². The summed E-state index contributed by atoms with van der Waals surface area (Å²) in [5, 5.41) is 0. The number of piperidine rings is 1. The molecule has 0 N–H and O–H groups in total. The van der Waals surface area contributed by atoms with Crippen molar-refractivity contribution in [3.63, 3.8) is 0 Å². The molecule has 0 aromatic heterocycles. The SMILES string of the molecule is COc1ccc(C(=O)N2CCCC2)c(OC2CCN(Cc3ccc(F)c(OC)c3)CC2)c1. The molecule has 6 nitrogen and oxygen atoms in total. The van der Waals surface area contributed by atoms with Crippen LogP contribution in [-0.2, 0) is 6.54 Å². The van der Waals surface area contributed by atoms with E-state index >= 15 is 0 Å². The first-order chi connectivity index (χ1) is 15.6. The van der Waals surface area contributed by atoms with Crippen LogP contribution in [0, 0.1) is 5.82 Å². The third-order valence-electron chi connectivity index (χ3n) is 6.26. The fraction of sp³-hybridized carbons (Fsp3) is 0.480. The number of nitrogens with zero attached hydrogens (tertiary/aromatic N) is 2. The summed E-state index contributed by atoms with van der Waals surface area (Å²) in [6.07, 6.45) is 3.85. The third-order valence-corrected chi connectivity index (χ3v) is 6.26. The highest BCUT2D eigenvalue weighted by atomic mass is 19.1. The molecular formula is C25H31FN2O4. The van der Waals surface area contributed by atoms with Crippen molar-refractivity contribution in [2.75, 3.05) is 40.4 Å². The zero-order chi connectivity index (χ0) is 22.5. The summed E-state index contributed by atoms with van der Waals surface area (Å²) in [4.78, 5) is 17.2. The van der Waals surface area contributed by atoms with E-state index in [1.165, 1.54) is 13.2 Å². The van der Waals surface area contributed by atoms with Gasteiger partial charge in [0.25, 0.3) is 5.91 Å². The second kappa shape index (κ2) is 10.2. The number of hydrogen-bond acceptors (Lipinski definition) is 5. The van der Waals surface area contributed by atoms with Crippen LogP contribution < -0.4 is 14.2 Å². The largest absolute Gasteiger partial charge is 0.497 e. The molecule has 2 heterocycles. The normalized spacial score (nSPS) is 17.4. The van der Waals surface area contributed by atoms with Gasteiger partial charge in [-0.25, -0.2) is 4.39 Å². The van der Waals surface area contributed by atoms with E-state index in [0.29, 0.717) is 17.1 Å². The fourth-order valence-electron chi connectivity index (χ4n) is 4.42. The van der Waals surface area contributed by atoms with Crippen molar-refractivity contribution in [3.8, 4) is 17.2 Å². The van der Waals surface area contributed by atoms with Crippen molar-refractivity contribution in [2.45, 2.75) is 38.3 Å². The Morgan fingerprint density at radius 1 is 0.969 bits per heavy atom. The van der Waals surface area contributed by atoms with E-state index in [1.54, 1.807) is 19.2 Å². The van der Waals surface area contributed by atoms with Gasteiger partial charge in [-0.05, 0) is 55.5 Å². The Morgan fingerprint density at radius 2 is 1.72 bits per heavy atom. The molecule has 2 aliphatic heterocycles. The molecule has 2 saturated heterocycles. The number of halogens is 1. The van der Waals surface area contributed by atoms with E-state index in [-0.39, 0.29) is 23.6 Å². The van der Waals surface area contributed by atoms with Gasteiger partial charge < -0.3 is 19.1 Å². The standard InChI is InChI=1S/C25H31FN2O4/c1-30-20-6-7-21(25(29)28-11-3-4-12-28)23(16-20)32-19-9-13-27(14-10-19)17-18-5-8-22(26)24(15-18)31-2/h5-8,15-16,19H,3-4,9-14,17H2,1-2H3. The Morgan fingerprint density at radius 3 is 2.41 bits per heavy atom. The van der Waals surface area contributed by atoms with Crippen molar-refractivity contribution in [3.05, 3.63) is 53.3 Å². The van der Waals surface area contributed by atoms with Crippen LogP contribution in [-0.4, -0.2) is 62.2 Å². The number of carbonyl (C=O) groups is 1. The van der Waals surface area contributed by atoms with E-state index in [1.807, 2.05) is 23.1 Å². The molecule has 0 atom stereocenters. The summed E-state index contributed by atoms with van der Waals surface area (Å²) in [5.41, 5.74) is 1.63. The molecule has 4 rings (SSSR count). The molecule has 2 aromatic carbocycles. The average Bonchev–Trinajstić information content (AvgIpc) is 3.36. The zero-order valence-electron chi connectivity index (χ0n) is 18.8. The third kappa shape index (κ3) is 5.15. The zero-order valence-corrected chi connectivity index (χ0v) is 18.8. The summed E-state index contributed by atoms with van der Waals surface area (Å²) in [6.45, 7) is 4.07. The number of hydrogen-bond donors (Lipinski definition) is 0. The van der Waals surface area contributed by atoms with Gasteiger partial charge in [-0.3, -0.25) is 9.69 Å². The van der Waals surface area contributed by atoms with Crippen LogP contribution in [0.4, 0.5) is 4.39 Å². The van der Waals surface area contributed by atoms with Gasteiger partial charge >= 0.3 is 0 Å². The highest BCUT2D eigenvalue weighted by molar-refractivity contribution is 5.97. The molecule has 2 fully saturated rings. The molecule has 0 bridgehead atoms. The van der Waals surface area contributed by atoms with Gasteiger partial charge in [-0.15, -0.1) is 0 Å². The molecule has 7 heteroatoms. The van der Waals surface area contributed by atoms with Crippen molar-refractivity contribution in [1.82, 2.24) is 9.80 Å². The Balaban J connectivity index is 1.38. The van der Waals surface area contributed by atoms with Crippen LogP contribution in [0.2, 0.25) is 0 Å². The van der Waals surface area contributed by atoms with Gasteiger partial charge in [0.05, 0.1) is 19.8 Å². The lowest BCUT2D eigenvalue weighted by atomic mass is 10.1. The lowest BCUT2D eigenvalue weighted by molar-refractivity contribution is 0.0764. The van der Waals surface area contributed by atoms with Crippen LogP contribution in [0.1, 0.15) is 41.6 Å². The van der Waals surface area contributed by atoms with Crippen LogP contribution in [0.15, 0.2) is 36.4 Å². The number of likely N-dealkylation sites (tertiary alicyclic amines) is 2. The maximum absolute atomic E-state index is 13.7. The van der Waals surface area contributed by atoms with Gasteiger partial charge in [-0.2, -0.15) is 0 Å². The van der Waals surface area contributed by atoms with Gasteiger partial charge in [0.2, 0.25) is 0 Å². The first-order valence-electron chi connectivity index (χ1n) is 11.3. The van der Waals surface area contributed by atoms with Crippen LogP contribution >= 0.6 is 0 Å². The minimum atomic E-state index is -0.346. The van der Waals surface area contributed by atoms with E-state index in [4.69, 9.17) is 14.2 Å². The van der Waals surface area contributed by atoms with Crippen LogP contribution in [0.5, 0.6) is 17.2 Å². The predicted octanol–water partition coefficient (Wildman–Crippen LogP) is 4.12. The van der Waals surface area contributed by atoms with Crippen molar-refractivity contribution < 1.29 is 23.4 Å². The lowest BCUT2D eigenvalue weighted by Gasteiger charge is -2.32. The summed E-state index contributed by atoms with van der Waals surface area (Å²) < 4.78 is 30.4. The molecule has 0 unspecified atom stereocenters. The van der Waals surface area contributed by atoms with Gasteiger partial charge in [0.1, 0.15) is 17.6 Å². The summed E-state index contributed by atoms with van der Waals surface area (Å²) >= 11 is 0. The van der Waals surface area contributed by atoms with Crippen LogP contribution in [0.3, 0.4) is 0 Å². The maximum atomic E-state index is 13.7. The first kappa shape index (κ1) is 22.4. The number of methoxy groups -OCH3 is 2. The molecule has 2 aliphatic rings. The van der Waals surface area contributed by atoms with Crippen molar-refractivity contribution in [1.29, 1.82) is 0 Å². The molecule has 0 saturated carbocycles. The first-order valence-corrected chi connectivity index (χ1v) is 11.3. The Labute approximate surface area is 188 Å². The minimum absolute atomic E-state index is 0.0304. The van der Waals surface area contributed by atoms with E-state index in [2.05, 4.69) is 4.90 Å². The van der Waals surface area contributed by atoms with Gasteiger partial charge in [-0.1, -0.05) is 6.07 Å². The van der Waals surface area contributed by atoms with Crippen molar-refractivity contribution in [2.24, 2.45) is 0 Å². The van der Waals surface area contributed by atoms with Crippen LogP contribution in [0.25, 0.3) is 0 Å². The molecule has 32 heavy (non-hydrogen) atoms. The van der Waals surface area contributed by atoms with E-state index < -0.39 is 0 Å². The molecule has 172 valence electrons. The topological polar surface area (TPSA) is 51.2 Å². The second-order valence-corrected chi connectivity index (χ2v) is 8.42. The Bertz CT molecular complexity index is 938. The average molecular weight is 443 g/mol. The maximum Gasteiger partial charge on any atom is 0.257 e. The smallest absolute Gasteiger partial charge is 0.257 e. The highest BCUT2D eigenvalue weighted by Gasteiger charge is 2.26. The summed E-state index contributed by atoms with van der Waals surface area (Å²) in [5.74, 6) is 1.24. The number of carbonyl (C=O) groups excluding carboxylic acids is 1. The fourth-order valence-corrected chi connectivity index (χ4v) is 4.42. The molecule has 0 aliphatic carbocycles. The number of rotatable bonds is 7. The lowest BCUT2D eigenvalue weighted by Crippen LogP contribution is -2.38. The Kier molecular flexibility index (Phi) is 7.15. The monoisotopic (exact) mass is 442 g/mol. The van der Waals surface area contributed by atoms with E-state index in [0.717, 1.165) is 64.0 Å². The molecule has 1 amide bonds. The predicted molar refractivity (Wildman–Crippen MR) is 120 cm³/mol. The van der Waals surface area contributed by atoms with E-state index in [9.17, 15) is 9.18 Å². The number of benzene rings is 2.